The first-order valence-electron chi connectivity index (χ1n) is 5.58. The minimum absolute atomic E-state index is 0.179. The van der Waals surface area contributed by atoms with Gasteiger partial charge in [-0.25, -0.2) is 0 Å². The van der Waals surface area contributed by atoms with Gasteiger partial charge in [-0.3, -0.25) is 15.1 Å². The van der Waals surface area contributed by atoms with E-state index in [0.29, 0.717) is 12.0 Å². The van der Waals surface area contributed by atoms with Crippen molar-refractivity contribution in [2.75, 3.05) is 0 Å². The summed E-state index contributed by atoms with van der Waals surface area (Å²) < 4.78 is 0. The molecule has 2 rings (SSSR count). The summed E-state index contributed by atoms with van der Waals surface area (Å²) in [6.45, 7) is 8.00. The van der Waals surface area contributed by atoms with Crippen LogP contribution in [0.4, 0.5) is 0 Å². The van der Waals surface area contributed by atoms with E-state index in [1.165, 1.54) is 0 Å². The van der Waals surface area contributed by atoms with Crippen LogP contribution in [0.1, 0.15) is 39.0 Å². The number of hydrogen-bond donors (Lipinski definition) is 0. The quantitative estimate of drug-likeness (QED) is 0.541. The second kappa shape index (κ2) is 7.56. The van der Waals surface area contributed by atoms with E-state index in [1.54, 1.807) is 24.4 Å². The second-order valence-corrected chi connectivity index (χ2v) is 2.55. The normalized spacial score (nSPS) is 11.1. The number of fused-ring (bicyclic) bond motifs is 1. The van der Waals surface area contributed by atoms with Crippen LogP contribution in [0.2, 0.25) is 0 Å². The van der Waals surface area contributed by atoms with Gasteiger partial charge in [0.05, 0.1) is 16.2 Å². The largest absolute Gasteiger partial charge is 0.274 e. The zero-order valence-corrected chi connectivity index (χ0v) is 10.2. The molecule has 0 saturated carbocycles. The van der Waals surface area contributed by atoms with Gasteiger partial charge in [0.25, 0.3) is 5.70 Å². The molecule has 1 aliphatic carbocycles. The van der Waals surface area contributed by atoms with Crippen LogP contribution in [0, 0.1) is 10.1 Å². The lowest BCUT2D eigenvalue weighted by molar-refractivity contribution is -0.375. The van der Waals surface area contributed by atoms with Crippen LogP contribution >= 0.6 is 0 Å². The highest BCUT2D eigenvalue weighted by molar-refractivity contribution is 5.65. The number of rotatable bonds is 1. The molecule has 88 valence electrons. The molecule has 1 aliphatic rings. The monoisotopic (exact) mass is 222 g/mol. The van der Waals surface area contributed by atoms with Gasteiger partial charge in [-0.1, -0.05) is 27.7 Å². The minimum atomic E-state index is -0.368. The topological polar surface area (TPSA) is 56.0 Å². The number of allylic oxidation sites excluding steroid dienone is 1. The van der Waals surface area contributed by atoms with Crippen LogP contribution in [-0.2, 0) is 6.42 Å². The van der Waals surface area contributed by atoms with Gasteiger partial charge in [0, 0.05) is 18.7 Å². The molecule has 0 radical (unpaired) electrons. The van der Waals surface area contributed by atoms with Gasteiger partial charge in [0.2, 0.25) is 0 Å². The van der Waals surface area contributed by atoms with E-state index in [1.807, 2.05) is 27.7 Å². The summed E-state index contributed by atoms with van der Waals surface area (Å²) in [7, 11) is 0. The van der Waals surface area contributed by atoms with E-state index < -0.39 is 0 Å². The minimum Gasteiger partial charge on any atom is -0.260 e. The van der Waals surface area contributed by atoms with E-state index in [-0.39, 0.29) is 10.6 Å². The summed E-state index contributed by atoms with van der Waals surface area (Å²) >= 11 is 0. The van der Waals surface area contributed by atoms with Crippen LogP contribution in [0.3, 0.4) is 0 Å². The molecule has 16 heavy (non-hydrogen) atoms. The Morgan fingerprint density at radius 3 is 2.50 bits per heavy atom. The van der Waals surface area contributed by atoms with Crippen molar-refractivity contribution in [3.63, 3.8) is 0 Å². The van der Waals surface area contributed by atoms with Crippen molar-refractivity contribution in [3.8, 4) is 0 Å². The van der Waals surface area contributed by atoms with Crippen LogP contribution in [0.25, 0.3) is 5.70 Å². The molecule has 0 saturated heterocycles. The summed E-state index contributed by atoms with van der Waals surface area (Å²) in [6.07, 6.45) is 3.82. The molecular formula is C12H18N2O2. The Morgan fingerprint density at radius 1 is 1.31 bits per heavy atom. The highest BCUT2D eigenvalue weighted by atomic mass is 16.6. The highest BCUT2D eigenvalue weighted by Crippen LogP contribution is 2.25. The lowest BCUT2D eigenvalue weighted by atomic mass is 10.2. The molecule has 0 unspecified atom stereocenters. The molecule has 4 heteroatoms. The van der Waals surface area contributed by atoms with Crippen LogP contribution in [0.15, 0.2) is 24.4 Å². The first-order chi connectivity index (χ1) is 7.79. The molecular weight excluding hydrogens is 204 g/mol. The molecule has 0 amide bonds. The number of hydrogen-bond acceptors (Lipinski definition) is 3. The predicted molar refractivity (Wildman–Crippen MR) is 65.6 cm³/mol. The average molecular weight is 222 g/mol. The smallest absolute Gasteiger partial charge is 0.260 e. The van der Waals surface area contributed by atoms with Crippen molar-refractivity contribution in [2.24, 2.45) is 0 Å². The second-order valence-electron chi connectivity index (χ2n) is 2.55. The van der Waals surface area contributed by atoms with Crippen LogP contribution in [-0.4, -0.2) is 9.91 Å². The third kappa shape index (κ3) is 3.15. The first-order valence-corrected chi connectivity index (χ1v) is 5.58. The standard InChI is InChI=1S/C8H6N2O2.2C2H6/c11-10(12)8-4-3-7-6(8)2-1-5-9-7;2*1-2/h1-2,4-5H,3H2;2*1-2H3. The van der Waals surface area contributed by atoms with E-state index in [0.717, 1.165) is 5.69 Å². The Bertz CT molecular complexity index is 373. The Morgan fingerprint density at radius 2 is 1.94 bits per heavy atom. The third-order valence-electron chi connectivity index (χ3n) is 1.85. The summed E-state index contributed by atoms with van der Waals surface area (Å²) in [5.74, 6) is 0. The number of nitro groups is 1. The van der Waals surface area contributed by atoms with Gasteiger partial charge in [-0.2, -0.15) is 0 Å². The molecule has 0 N–H and O–H groups in total. The molecule has 0 aliphatic heterocycles. The number of pyridine rings is 1. The molecule has 4 nitrogen and oxygen atoms in total. The maximum Gasteiger partial charge on any atom is 0.274 e. The molecule has 1 heterocycles. The van der Waals surface area contributed by atoms with Crippen LogP contribution < -0.4 is 0 Å². The van der Waals surface area contributed by atoms with Crippen molar-refractivity contribution in [1.82, 2.24) is 4.98 Å². The fraction of sp³-hybridized carbons (Fsp3) is 0.417. The van der Waals surface area contributed by atoms with Crippen molar-refractivity contribution in [3.05, 3.63) is 45.8 Å². The Kier molecular flexibility index (Phi) is 6.76. The molecule has 1 aromatic rings. The van der Waals surface area contributed by atoms with Crippen molar-refractivity contribution in [1.29, 1.82) is 0 Å². The highest BCUT2D eigenvalue weighted by Gasteiger charge is 2.23. The maximum absolute atomic E-state index is 10.5. The average Bonchev–Trinajstić information content (AvgIpc) is 2.78. The summed E-state index contributed by atoms with van der Waals surface area (Å²) in [6, 6.07) is 3.44. The molecule has 0 aromatic carbocycles. The van der Waals surface area contributed by atoms with Gasteiger partial charge >= 0.3 is 0 Å². The first kappa shape index (κ1) is 14.3. The van der Waals surface area contributed by atoms with Crippen molar-refractivity contribution in [2.45, 2.75) is 34.1 Å². The summed E-state index contributed by atoms with van der Waals surface area (Å²) in [4.78, 5) is 14.1. The van der Waals surface area contributed by atoms with Gasteiger partial charge in [-0.15, -0.1) is 0 Å². The SMILES string of the molecule is CC.CC.O=[N+]([O-])C1=CCc2ncccc21. The van der Waals surface area contributed by atoms with Gasteiger partial charge in [0.15, 0.2) is 0 Å². The van der Waals surface area contributed by atoms with E-state index in [9.17, 15) is 10.1 Å². The zero-order chi connectivity index (χ0) is 12.6. The molecule has 0 spiro atoms. The van der Waals surface area contributed by atoms with Gasteiger partial charge < -0.3 is 0 Å². The van der Waals surface area contributed by atoms with E-state index in [2.05, 4.69) is 4.98 Å². The Balaban J connectivity index is 0.000000509. The van der Waals surface area contributed by atoms with Gasteiger partial charge in [0.1, 0.15) is 0 Å². The van der Waals surface area contributed by atoms with Gasteiger partial charge in [-0.05, 0) is 12.1 Å². The Labute approximate surface area is 96.2 Å². The third-order valence-corrected chi connectivity index (χ3v) is 1.85. The van der Waals surface area contributed by atoms with E-state index >= 15 is 0 Å². The van der Waals surface area contributed by atoms with Crippen molar-refractivity contribution >= 4 is 5.70 Å². The Hall–Kier alpha value is -1.71. The number of aromatic nitrogens is 1. The molecule has 0 bridgehead atoms. The predicted octanol–water partition coefficient (Wildman–Crippen LogP) is 3.31. The number of nitrogens with zero attached hydrogens (tertiary/aromatic N) is 2. The fourth-order valence-electron chi connectivity index (χ4n) is 1.31. The molecule has 0 fully saturated rings. The maximum atomic E-state index is 10.5. The fourth-order valence-corrected chi connectivity index (χ4v) is 1.31. The lowest BCUT2D eigenvalue weighted by Gasteiger charge is -1.95. The van der Waals surface area contributed by atoms with E-state index in [4.69, 9.17) is 0 Å². The lowest BCUT2D eigenvalue weighted by Crippen LogP contribution is -1.96. The summed E-state index contributed by atoms with van der Waals surface area (Å²) in [5.41, 5.74) is 1.63. The van der Waals surface area contributed by atoms with Crippen LogP contribution in [0.5, 0.6) is 0 Å². The van der Waals surface area contributed by atoms with Crippen molar-refractivity contribution < 1.29 is 4.92 Å². The zero-order valence-electron chi connectivity index (χ0n) is 10.2. The molecule has 0 atom stereocenters. The molecule has 1 aromatic heterocycles. The summed E-state index contributed by atoms with van der Waals surface area (Å²) in [5, 5.41) is 10.5.